The van der Waals surface area contributed by atoms with E-state index in [1.54, 1.807) is 6.92 Å². The van der Waals surface area contributed by atoms with Gasteiger partial charge < -0.3 is 23.7 Å². The van der Waals surface area contributed by atoms with E-state index in [1.165, 1.54) is 36.0 Å². The highest BCUT2D eigenvalue weighted by Gasteiger charge is 2.83. The zero-order valence-corrected chi connectivity index (χ0v) is 20.4. The number of carbonyl (C=O) groups excluding carboxylic acids is 3. The second kappa shape index (κ2) is 8.75. The molecule has 0 radical (unpaired) electrons. The molecule has 0 amide bonds. The Hall–Kier alpha value is -2.71. The maximum Gasteiger partial charge on any atom is 0.331 e. The highest BCUT2D eigenvalue weighted by molar-refractivity contribution is 5.85. The van der Waals surface area contributed by atoms with Gasteiger partial charge in [-0.1, -0.05) is 36.3 Å². The summed E-state index contributed by atoms with van der Waals surface area (Å²) in [6, 6.07) is 0. The highest BCUT2D eigenvalue weighted by Crippen LogP contribution is 2.72. The third-order valence-corrected chi connectivity index (χ3v) is 8.63. The molecule has 1 saturated carbocycles. The summed E-state index contributed by atoms with van der Waals surface area (Å²) >= 11 is 0. The van der Waals surface area contributed by atoms with E-state index in [9.17, 15) is 14.4 Å². The Balaban J connectivity index is 1.53. The van der Waals surface area contributed by atoms with E-state index in [0.717, 1.165) is 18.4 Å². The van der Waals surface area contributed by atoms with E-state index in [4.69, 9.17) is 23.7 Å². The Kier molecular flexibility index (Phi) is 6.00. The largest absolute Gasteiger partial charge is 0.462 e. The van der Waals surface area contributed by atoms with Crippen LogP contribution in [-0.4, -0.2) is 61.6 Å². The van der Waals surface area contributed by atoms with Crippen molar-refractivity contribution in [3.8, 4) is 0 Å². The third kappa shape index (κ3) is 3.87. The monoisotopic (exact) mass is 484 g/mol. The molecule has 3 aliphatic heterocycles. The van der Waals surface area contributed by atoms with Crippen molar-refractivity contribution in [1.29, 1.82) is 0 Å². The molecule has 3 heterocycles. The lowest BCUT2D eigenvalue weighted by Crippen LogP contribution is -2.66. The summed E-state index contributed by atoms with van der Waals surface area (Å²) in [5.41, 5.74) is 0.194. The SMILES string of the molecule is CC1=C[C@H]2O[C@@H]3C[C@H]4OC(=O)/C=C/C=C/C(=O)OCC/C(C)=C/C(=O)OC[C@@]2(CC1)[C@]4(C)[C@]31CO1. The Morgan fingerprint density at radius 1 is 0.886 bits per heavy atom. The summed E-state index contributed by atoms with van der Waals surface area (Å²) in [6.07, 6.45) is 10.5. The fraction of sp³-hybridized carbons (Fsp3) is 0.593. The van der Waals surface area contributed by atoms with Crippen molar-refractivity contribution in [3.05, 3.63) is 47.6 Å². The average Bonchev–Trinajstić information content (AvgIpc) is 3.58. The maximum atomic E-state index is 12.8. The molecule has 0 aromatic heterocycles. The van der Waals surface area contributed by atoms with Crippen LogP contribution in [-0.2, 0) is 38.1 Å². The summed E-state index contributed by atoms with van der Waals surface area (Å²) in [6.45, 7) is 6.77. The molecule has 2 bridgehead atoms. The fourth-order valence-corrected chi connectivity index (χ4v) is 6.46. The van der Waals surface area contributed by atoms with E-state index >= 15 is 0 Å². The lowest BCUT2D eigenvalue weighted by molar-refractivity contribution is -0.232. The summed E-state index contributed by atoms with van der Waals surface area (Å²) < 4.78 is 29.7. The fourth-order valence-electron chi connectivity index (χ4n) is 6.46. The predicted octanol–water partition coefficient (Wildman–Crippen LogP) is 3.12. The van der Waals surface area contributed by atoms with Gasteiger partial charge in [0, 0.05) is 36.5 Å². The van der Waals surface area contributed by atoms with Crippen LogP contribution in [0.4, 0.5) is 0 Å². The Bertz CT molecular complexity index is 1050. The van der Waals surface area contributed by atoms with Crippen LogP contribution >= 0.6 is 0 Å². The second-order valence-electron chi connectivity index (χ2n) is 10.5. The van der Waals surface area contributed by atoms with E-state index in [-0.39, 0.29) is 25.4 Å². The molecule has 8 heteroatoms. The molecule has 5 aliphatic rings. The van der Waals surface area contributed by atoms with Crippen molar-refractivity contribution in [2.75, 3.05) is 19.8 Å². The summed E-state index contributed by atoms with van der Waals surface area (Å²) in [4.78, 5) is 37.4. The van der Waals surface area contributed by atoms with Gasteiger partial charge >= 0.3 is 17.9 Å². The lowest BCUT2D eigenvalue weighted by Gasteiger charge is -2.58. The van der Waals surface area contributed by atoms with Crippen LogP contribution in [0.3, 0.4) is 0 Å². The van der Waals surface area contributed by atoms with E-state index in [2.05, 4.69) is 19.9 Å². The second-order valence-corrected chi connectivity index (χ2v) is 10.5. The van der Waals surface area contributed by atoms with Gasteiger partial charge in [0.25, 0.3) is 0 Å². The number of epoxide rings is 1. The zero-order chi connectivity index (χ0) is 24.8. The lowest BCUT2D eigenvalue weighted by atomic mass is 9.51. The molecule has 2 aliphatic carbocycles. The van der Waals surface area contributed by atoms with Gasteiger partial charge in [-0.3, -0.25) is 0 Å². The maximum absolute atomic E-state index is 12.8. The van der Waals surface area contributed by atoms with Crippen molar-refractivity contribution < 1.29 is 38.1 Å². The third-order valence-electron chi connectivity index (χ3n) is 8.63. The quantitative estimate of drug-likeness (QED) is 0.224. The van der Waals surface area contributed by atoms with Crippen LogP contribution in [0, 0.1) is 10.8 Å². The number of cyclic esters (lactones) is 2. The molecule has 35 heavy (non-hydrogen) atoms. The minimum absolute atomic E-state index is 0.125. The van der Waals surface area contributed by atoms with Gasteiger partial charge in [-0.15, -0.1) is 0 Å². The van der Waals surface area contributed by atoms with Gasteiger partial charge in [0.15, 0.2) is 0 Å². The molecule has 0 aromatic carbocycles. The molecule has 5 rings (SSSR count). The van der Waals surface area contributed by atoms with Gasteiger partial charge in [-0.05, 0) is 26.7 Å². The first-order valence-electron chi connectivity index (χ1n) is 12.2. The molecule has 188 valence electrons. The van der Waals surface area contributed by atoms with Crippen molar-refractivity contribution in [2.45, 2.75) is 70.4 Å². The summed E-state index contributed by atoms with van der Waals surface area (Å²) in [7, 11) is 0. The van der Waals surface area contributed by atoms with E-state index in [0.29, 0.717) is 19.4 Å². The molecule has 2 spiro atoms. The standard InChI is InChI=1S/C27H32O8/c1-17-8-10-26-15-32-24(30)13-18(2)9-11-31-22(28)6-4-5-7-23(29)35-19-14-21(34-20(26)12-17)27(16-33-27)25(19,26)3/h4-7,12-13,19-21H,8-11,14-16H2,1-3H3/b6-4+,7-5+,18-13+/t19-,20-,21-,25-,26-,27+/m1/s1. The van der Waals surface area contributed by atoms with Crippen LogP contribution in [0.5, 0.6) is 0 Å². The van der Waals surface area contributed by atoms with Gasteiger partial charge in [-0.25, -0.2) is 14.4 Å². The number of carbonyl (C=O) groups is 3. The number of esters is 3. The number of hydrogen-bond donors (Lipinski definition) is 0. The van der Waals surface area contributed by atoms with Gasteiger partial charge in [-0.2, -0.15) is 0 Å². The van der Waals surface area contributed by atoms with Crippen LogP contribution < -0.4 is 0 Å². The molecule has 2 saturated heterocycles. The van der Waals surface area contributed by atoms with Gasteiger partial charge in [0.2, 0.25) is 0 Å². The van der Waals surface area contributed by atoms with Crippen LogP contribution in [0.15, 0.2) is 47.6 Å². The first-order valence-corrected chi connectivity index (χ1v) is 12.2. The molecule has 0 aromatic rings. The normalized spacial score (nSPS) is 44.9. The average molecular weight is 485 g/mol. The van der Waals surface area contributed by atoms with Crippen molar-refractivity contribution in [3.63, 3.8) is 0 Å². The molecular weight excluding hydrogens is 452 g/mol. The van der Waals surface area contributed by atoms with Gasteiger partial charge in [0.1, 0.15) is 18.3 Å². The smallest absolute Gasteiger partial charge is 0.331 e. The molecule has 0 unspecified atom stereocenters. The molecule has 0 N–H and O–H groups in total. The summed E-state index contributed by atoms with van der Waals surface area (Å²) in [5.74, 6) is -1.50. The topological polar surface area (TPSA) is 101 Å². The molecular formula is C27H32O8. The summed E-state index contributed by atoms with van der Waals surface area (Å²) in [5, 5.41) is 0. The minimum Gasteiger partial charge on any atom is -0.462 e. The van der Waals surface area contributed by atoms with E-state index in [1.807, 2.05) is 0 Å². The Morgan fingerprint density at radius 2 is 1.63 bits per heavy atom. The number of ether oxygens (including phenoxy) is 5. The first-order chi connectivity index (χ1) is 16.7. The molecule has 8 nitrogen and oxygen atoms in total. The van der Waals surface area contributed by atoms with Crippen molar-refractivity contribution >= 4 is 17.9 Å². The molecule has 3 fully saturated rings. The van der Waals surface area contributed by atoms with Crippen molar-refractivity contribution in [1.82, 2.24) is 0 Å². The Labute approximate surface area is 204 Å². The Morgan fingerprint density at radius 3 is 2.37 bits per heavy atom. The van der Waals surface area contributed by atoms with Crippen LogP contribution in [0.25, 0.3) is 0 Å². The van der Waals surface area contributed by atoms with Gasteiger partial charge in [0.05, 0.1) is 30.8 Å². The first kappa shape index (κ1) is 24.0. The predicted molar refractivity (Wildman–Crippen MR) is 124 cm³/mol. The van der Waals surface area contributed by atoms with Crippen LogP contribution in [0.2, 0.25) is 0 Å². The highest BCUT2D eigenvalue weighted by atomic mass is 16.6. The number of allylic oxidation sites excluding steroid dienone is 3. The number of rotatable bonds is 0. The zero-order valence-electron chi connectivity index (χ0n) is 20.4. The van der Waals surface area contributed by atoms with E-state index < -0.39 is 40.4 Å². The number of hydrogen-bond acceptors (Lipinski definition) is 8. The van der Waals surface area contributed by atoms with Crippen LogP contribution in [0.1, 0.15) is 46.5 Å². The molecule has 6 atom stereocenters. The minimum atomic E-state index is -0.613. The van der Waals surface area contributed by atoms with Crippen molar-refractivity contribution in [2.24, 2.45) is 10.8 Å².